The summed E-state index contributed by atoms with van der Waals surface area (Å²) in [5, 5.41) is 10.3. The van der Waals surface area contributed by atoms with Gasteiger partial charge in [-0.3, -0.25) is 4.79 Å². The molecule has 0 saturated heterocycles. The highest BCUT2D eigenvalue weighted by Crippen LogP contribution is 2.34. The summed E-state index contributed by atoms with van der Waals surface area (Å²) in [5.41, 5.74) is 2.00. The van der Waals surface area contributed by atoms with Crippen LogP contribution in [-0.2, 0) is 12.8 Å². The second-order valence-electron chi connectivity index (χ2n) is 6.59. The van der Waals surface area contributed by atoms with Gasteiger partial charge in [-0.05, 0) is 55.0 Å². The normalized spacial score (nSPS) is 13.8. The third-order valence-electron chi connectivity index (χ3n) is 4.92. The van der Waals surface area contributed by atoms with Crippen LogP contribution in [0.15, 0.2) is 23.0 Å². The minimum absolute atomic E-state index is 0.173. The van der Waals surface area contributed by atoms with E-state index in [2.05, 4.69) is 16.0 Å². The Kier molecular flexibility index (Phi) is 4.88. The summed E-state index contributed by atoms with van der Waals surface area (Å²) in [6, 6.07) is 7.51. The van der Waals surface area contributed by atoms with Crippen molar-refractivity contribution in [2.24, 2.45) is 0 Å². The number of hydrogen-bond donors (Lipinski definition) is 1. The van der Waals surface area contributed by atoms with Gasteiger partial charge in [0, 0.05) is 4.88 Å². The molecule has 4 rings (SSSR count). The third-order valence-corrected chi connectivity index (χ3v) is 6.10. The highest BCUT2D eigenvalue weighted by Gasteiger charge is 2.20. The van der Waals surface area contributed by atoms with Gasteiger partial charge in [0.2, 0.25) is 0 Å². The molecule has 142 valence electrons. The number of hydrogen-bond acceptors (Lipinski definition) is 6. The lowest BCUT2D eigenvalue weighted by Gasteiger charge is -2.09. The van der Waals surface area contributed by atoms with E-state index in [1.807, 2.05) is 6.07 Å². The number of rotatable bonds is 4. The van der Waals surface area contributed by atoms with Gasteiger partial charge in [0.1, 0.15) is 10.9 Å². The van der Waals surface area contributed by atoms with Crippen molar-refractivity contribution >= 4 is 33.2 Å². The lowest BCUT2D eigenvalue weighted by atomic mass is 9.97. The Labute approximate surface area is 166 Å². The number of H-pyrrole nitrogens is 1. The molecule has 0 amide bonds. The fourth-order valence-electron chi connectivity index (χ4n) is 3.55. The van der Waals surface area contributed by atoms with Gasteiger partial charge in [-0.2, -0.15) is 5.26 Å². The van der Waals surface area contributed by atoms with Crippen LogP contribution in [0.5, 0.6) is 11.5 Å². The zero-order valence-corrected chi connectivity index (χ0v) is 16.5. The number of benzene rings is 1. The van der Waals surface area contributed by atoms with Crippen LogP contribution in [0.4, 0.5) is 0 Å². The largest absolute Gasteiger partial charge is 0.493 e. The van der Waals surface area contributed by atoms with Crippen molar-refractivity contribution in [2.45, 2.75) is 25.7 Å². The Morgan fingerprint density at radius 2 is 2.04 bits per heavy atom. The van der Waals surface area contributed by atoms with Crippen LogP contribution in [0.2, 0.25) is 0 Å². The Hall–Kier alpha value is -3.11. The standard InChI is InChI=1S/C21H19N3O3S/c1-26-15-8-7-12(10-16(15)27-2)9-13(11-22)19-23-20(25)18-14-5-3-4-6-17(14)28-21(18)24-19/h7-10H,3-6H2,1-2H3,(H,23,24,25)/b13-9+. The number of thiophene rings is 1. The number of allylic oxidation sites excluding steroid dienone is 1. The van der Waals surface area contributed by atoms with Crippen LogP contribution in [0.25, 0.3) is 21.9 Å². The molecule has 0 bridgehead atoms. The fraction of sp³-hybridized carbons (Fsp3) is 0.286. The highest BCUT2D eigenvalue weighted by molar-refractivity contribution is 7.18. The number of nitriles is 1. The van der Waals surface area contributed by atoms with Crippen LogP contribution in [-0.4, -0.2) is 24.2 Å². The number of nitrogens with one attached hydrogen (secondary N) is 1. The van der Waals surface area contributed by atoms with Crippen molar-refractivity contribution in [3.05, 3.63) is 50.4 Å². The molecule has 2 aromatic heterocycles. The molecule has 0 spiro atoms. The molecule has 1 N–H and O–H groups in total. The van der Waals surface area contributed by atoms with E-state index in [4.69, 9.17) is 9.47 Å². The van der Waals surface area contributed by atoms with E-state index < -0.39 is 0 Å². The molecule has 1 aliphatic rings. The van der Waals surface area contributed by atoms with Gasteiger partial charge in [-0.1, -0.05) is 6.07 Å². The van der Waals surface area contributed by atoms with Crippen LogP contribution < -0.4 is 15.0 Å². The molecular formula is C21H19N3O3S. The van der Waals surface area contributed by atoms with Crippen LogP contribution in [0.1, 0.15) is 34.7 Å². The topological polar surface area (TPSA) is 88.0 Å². The minimum Gasteiger partial charge on any atom is -0.493 e. The first kappa shape index (κ1) is 18.3. The van der Waals surface area contributed by atoms with Crippen molar-refractivity contribution in [1.82, 2.24) is 9.97 Å². The van der Waals surface area contributed by atoms with Gasteiger partial charge in [-0.15, -0.1) is 11.3 Å². The molecule has 2 heterocycles. The predicted octanol–water partition coefficient (Wildman–Crippen LogP) is 3.94. The maximum atomic E-state index is 12.7. The fourth-order valence-corrected chi connectivity index (χ4v) is 4.82. The number of aromatic amines is 1. The molecule has 7 heteroatoms. The van der Waals surface area contributed by atoms with Gasteiger partial charge < -0.3 is 14.5 Å². The summed E-state index contributed by atoms with van der Waals surface area (Å²) in [7, 11) is 3.13. The first-order valence-corrected chi connectivity index (χ1v) is 9.85. The minimum atomic E-state index is -0.173. The molecule has 0 unspecified atom stereocenters. The van der Waals surface area contributed by atoms with Gasteiger partial charge in [0.15, 0.2) is 17.3 Å². The highest BCUT2D eigenvalue weighted by atomic mass is 32.1. The molecular weight excluding hydrogens is 374 g/mol. The Bertz CT molecular complexity index is 1180. The van der Waals surface area contributed by atoms with Crippen molar-refractivity contribution in [3.63, 3.8) is 0 Å². The van der Waals surface area contributed by atoms with Crippen molar-refractivity contribution in [3.8, 4) is 17.6 Å². The first-order chi connectivity index (χ1) is 13.6. The molecule has 3 aromatic rings. The Balaban J connectivity index is 1.80. The molecule has 1 aromatic carbocycles. The molecule has 0 saturated carbocycles. The average Bonchev–Trinajstić information content (AvgIpc) is 3.10. The van der Waals surface area contributed by atoms with Crippen LogP contribution >= 0.6 is 11.3 Å². The lowest BCUT2D eigenvalue weighted by Crippen LogP contribution is -2.12. The second kappa shape index (κ2) is 7.49. The quantitative estimate of drug-likeness (QED) is 0.678. The Morgan fingerprint density at radius 3 is 2.79 bits per heavy atom. The molecule has 0 aliphatic heterocycles. The van der Waals surface area contributed by atoms with E-state index >= 15 is 0 Å². The molecule has 28 heavy (non-hydrogen) atoms. The maximum Gasteiger partial charge on any atom is 0.260 e. The zero-order chi connectivity index (χ0) is 19.7. The summed E-state index contributed by atoms with van der Waals surface area (Å²) >= 11 is 1.57. The summed E-state index contributed by atoms with van der Waals surface area (Å²) in [5.74, 6) is 1.46. The number of fused-ring (bicyclic) bond motifs is 3. The maximum absolute atomic E-state index is 12.7. The predicted molar refractivity (Wildman–Crippen MR) is 110 cm³/mol. The molecule has 1 aliphatic carbocycles. The van der Waals surface area contributed by atoms with Gasteiger partial charge in [0.05, 0.1) is 25.2 Å². The molecule has 0 fully saturated rings. The average molecular weight is 393 g/mol. The second-order valence-corrected chi connectivity index (χ2v) is 7.67. The number of aromatic nitrogens is 2. The first-order valence-electron chi connectivity index (χ1n) is 9.03. The summed E-state index contributed by atoms with van der Waals surface area (Å²) in [4.78, 5) is 22.1. The lowest BCUT2D eigenvalue weighted by molar-refractivity contribution is 0.355. The SMILES string of the molecule is COc1ccc(/C=C(\C#N)c2nc3sc4c(c3c(=O)[nH]2)CCCC4)cc1OC. The number of ether oxygens (including phenoxy) is 2. The van der Waals surface area contributed by atoms with E-state index in [1.54, 1.807) is 43.8 Å². The summed E-state index contributed by atoms with van der Waals surface area (Å²) in [6.07, 6.45) is 5.85. The molecule has 0 atom stereocenters. The van der Waals surface area contributed by atoms with E-state index in [0.29, 0.717) is 21.7 Å². The summed E-state index contributed by atoms with van der Waals surface area (Å²) in [6.45, 7) is 0. The van der Waals surface area contributed by atoms with Gasteiger partial charge in [0.25, 0.3) is 5.56 Å². The van der Waals surface area contributed by atoms with E-state index in [-0.39, 0.29) is 17.0 Å². The zero-order valence-electron chi connectivity index (χ0n) is 15.7. The Morgan fingerprint density at radius 1 is 1.25 bits per heavy atom. The van der Waals surface area contributed by atoms with Crippen molar-refractivity contribution in [2.75, 3.05) is 14.2 Å². The van der Waals surface area contributed by atoms with Crippen LogP contribution in [0, 0.1) is 11.3 Å². The van der Waals surface area contributed by atoms with Gasteiger partial charge >= 0.3 is 0 Å². The molecule has 0 radical (unpaired) electrons. The van der Waals surface area contributed by atoms with Crippen LogP contribution in [0.3, 0.4) is 0 Å². The van der Waals surface area contributed by atoms with E-state index in [9.17, 15) is 10.1 Å². The number of methoxy groups -OCH3 is 2. The number of aryl methyl sites for hydroxylation is 2. The van der Waals surface area contributed by atoms with Crippen molar-refractivity contribution in [1.29, 1.82) is 5.26 Å². The van der Waals surface area contributed by atoms with Crippen molar-refractivity contribution < 1.29 is 9.47 Å². The smallest absolute Gasteiger partial charge is 0.260 e. The third kappa shape index (κ3) is 3.16. The van der Waals surface area contributed by atoms with E-state index in [1.165, 1.54) is 4.88 Å². The monoisotopic (exact) mass is 393 g/mol. The van der Waals surface area contributed by atoms with Gasteiger partial charge in [-0.25, -0.2) is 4.98 Å². The van der Waals surface area contributed by atoms with E-state index in [0.717, 1.165) is 36.8 Å². The molecule has 6 nitrogen and oxygen atoms in total. The number of nitrogens with zero attached hydrogens (tertiary/aromatic N) is 2. The summed E-state index contributed by atoms with van der Waals surface area (Å²) < 4.78 is 10.6.